The number of carbonyl (C=O) groups is 1. The van der Waals surface area contributed by atoms with E-state index in [2.05, 4.69) is 15.0 Å². The van der Waals surface area contributed by atoms with Crippen LogP contribution in [0, 0.1) is 0 Å². The number of aromatic nitrogens is 1. The van der Waals surface area contributed by atoms with Crippen LogP contribution < -0.4 is 10.0 Å². The van der Waals surface area contributed by atoms with Crippen molar-refractivity contribution in [1.29, 1.82) is 0 Å². The van der Waals surface area contributed by atoms with Crippen molar-refractivity contribution in [1.82, 2.24) is 9.71 Å². The highest BCUT2D eigenvalue weighted by molar-refractivity contribution is 7.89. The van der Waals surface area contributed by atoms with Gasteiger partial charge in [0, 0.05) is 11.9 Å². The zero-order valence-corrected chi connectivity index (χ0v) is 14.1. The molecular weight excluding hydrogens is 342 g/mol. The molecule has 0 radical (unpaired) electrons. The molecule has 0 aliphatic heterocycles. The molecule has 3 rings (SSSR count). The average Bonchev–Trinajstić information content (AvgIpc) is 3.06. The Hall–Kier alpha value is -2.97. The molecule has 0 spiro atoms. The lowest BCUT2D eigenvalue weighted by molar-refractivity contribution is -0.103. The summed E-state index contributed by atoms with van der Waals surface area (Å²) in [7, 11) is -2.13. The number of anilines is 1. The van der Waals surface area contributed by atoms with Crippen LogP contribution >= 0.6 is 0 Å². The molecule has 1 aromatic heterocycles. The van der Waals surface area contributed by atoms with E-state index in [0.717, 1.165) is 0 Å². The van der Waals surface area contributed by atoms with Gasteiger partial charge in [0.05, 0.1) is 10.5 Å². The lowest BCUT2D eigenvalue weighted by atomic mass is 10.3. The van der Waals surface area contributed by atoms with Crippen LogP contribution in [0.4, 0.5) is 5.69 Å². The lowest BCUT2D eigenvalue weighted by Crippen LogP contribution is -2.18. The molecule has 0 aliphatic rings. The van der Waals surface area contributed by atoms with E-state index in [1.807, 2.05) is 12.1 Å². The number of hydrogen-bond donors (Lipinski definition) is 2. The summed E-state index contributed by atoms with van der Waals surface area (Å²) in [6, 6.07) is 13.3. The number of aldehydes is 1. The zero-order valence-electron chi connectivity index (χ0n) is 13.3. The predicted molar refractivity (Wildman–Crippen MR) is 94.4 cm³/mol. The molecule has 128 valence electrons. The van der Waals surface area contributed by atoms with Gasteiger partial charge >= 0.3 is 0 Å². The fraction of sp³-hybridized carbons (Fsp3) is 0.0588. The second-order valence-electron chi connectivity index (χ2n) is 5.08. The van der Waals surface area contributed by atoms with Crippen LogP contribution in [0.25, 0.3) is 16.7 Å². The van der Waals surface area contributed by atoms with Gasteiger partial charge in [-0.05, 0) is 43.4 Å². The molecule has 0 bridgehead atoms. The maximum Gasteiger partial charge on any atom is 0.240 e. The van der Waals surface area contributed by atoms with Crippen LogP contribution in [0.15, 0.2) is 64.0 Å². The monoisotopic (exact) mass is 357 g/mol. The standard InChI is InChI=1S/C17H15N3O4S/c1-18-25(22,23)14-8-6-13(7-9-14)19-10-12(11-21)17-20-15-4-2-3-5-16(15)24-17/h2-11,18-19H,1H3. The normalized spacial score (nSPS) is 12.3. The van der Waals surface area contributed by atoms with E-state index in [-0.39, 0.29) is 16.4 Å². The summed E-state index contributed by atoms with van der Waals surface area (Å²) >= 11 is 0. The Morgan fingerprint density at radius 3 is 2.48 bits per heavy atom. The van der Waals surface area contributed by atoms with Gasteiger partial charge in [-0.25, -0.2) is 18.1 Å². The van der Waals surface area contributed by atoms with Gasteiger partial charge in [-0.1, -0.05) is 12.1 Å². The molecule has 7 nitrogen and oxygen atoms in total. The number of fused-ring (bicyclic) bond motifs is 1. The van der Waals surface area contributed by atoms with E-state index in [4.69, 9.17) is 4.42 Å². The van der Waals surface area contributed by atoms with E-state index in [9.17, 15) is 13.2 Å². The first kappa shape index (κ1) is 16.9. The Morgan fingerprint density at radius 2 is 1.84 bits per heavy atom. The molecule has 0 aliphatic carbocycles. The summed E-state index contributed by atoms with van der Waals surface area (Å²) in [6.07, 6.45) is 2.09. The van der Waals surface area contributed by atoms with Crippen LogP contribution in [0.5, 0.6) is 0 Å². The topological polar surface area (TPSA) is 101 Å². The first-order valence-electron chi connectivity index (χ1n) is 7.35. The number of nitrogens with one attached hydrogen (secondary N) is 2. The molecule has 8 heteroatoms. The van der Waals surface area contributed by atoms with Gasteiger partial charge in [0.2, 0.25) is 15.9 Å². The van der Waals surface area contributed by atoms with Crippen LogP contribution in [-0.4, -0.2) is 26.7 Å². The number of nitrogens with zero attached hydrogens (tertiary/aromatic N) is 1. The molecule has 2 N–H and O–H groups in total. The number of rotatable bonds is 6. The molecule has 1 heterocycles. The van der Waals surface area contributed by atoms with E-state index < -0.39 is 10.0 Å². The minimum atomic E-state index is -3.48. The summed E-state index contributed by atoms with van der Waals surface area (Å²) in [5.41, 5.74) is 2.10. The van der Waals surface area contributed by atoms with E-state index in [1.54, 1.807) is 24.3 Å². The number of benzene rings is 2. The predicted octanol–water partition coefficient (Wildman–Crippen LogP) is 2.39. The molecular formula is C17H15N3O4S. The highest BCUT2D eigenvalue weighted by Crippen LogP contribution is 2.20. The van der Waals surface area contributed by atoms with Gasteiger partial charge in [0.25, 0.3) is 0 Å². The van der Waals surface area contributed by atoms with Gasteiger partial charge in [-0.2, -0.15) is 0 Å². The summed E-state index contributed by atoms with van der Waals surface area (Å²) in [4.78, 5) is 15.7. The Balaban J connectivity index is 1.82. The van der Waals surface area contributed by atoms with Crippen molar-refractivity contribution < 1.29 is 17.6 Å². The molecule has 3 aromatic rings. The third kappa shape index (κ3) is 3.59. The SMILES string of the molecule is CNS(=O)(=O)c1ccc(NC=C(C=O)c2nc3ccccc3o2)cc1. The largest absolute Gasteiger partial charge is 0.436 e. The number of oxazole rings is 1. The lowest BCUT2D eigenvalue weighted by Gasteiger charge is -2.05. The molecule has 25 heavy (non-hydrogen) atoms. The minimum Gasteiger partial charge on any atom is -0.436 e. The second-order valence-corrected chi connectivity index (χ2v) is 6.97. The minimum absolute atomic E-state index is 0.152. The molecule has 0 saturated carbocycles. The number of hydrogen-bond acceptors (Lipinski definition) is 6. The van der Waals surface area contributed by atoms with Crippen molar-refractivity contribution >= 4 is 38.7 Å². The second kappa shape index (κ2) is 6.88. The fourth-order valence-corrected chi connectivity index (χ4v) is 2.88. The molecule has 2 aromatic carbocycles. The van der Waals surface area contributed by atoms with Crippen molar-refractivity contribution in [2.24, 2.45) is 0 Å². The summed E-state index contributed by atoms with van der Waals surface area (Å²) in [6.45, 7) is 0. The van der Waals surface area contributed by atoms with E-state index >= 15 is 0 Å². The smallest absolute Gasteiger partial charge is 0.240 e. The molecule has 0 saturated heterocycles. The fourth-order valence-electron chi connectivity index (χ4n) is 2.15. The maximum atomic E-state index is 11.7. The first-order valence-corrected chi connectivity index (χ1v) is 8.83. The van der Waals surface area contributed by atoms with Crippen molar-refractivity contribution in [3.63, 3.8) is 0 Å². The number of para-hydroxylation sites is 2. The Morgan fingerprint density at radius 1 is 1.12 bits per heavy atom. The van der Waals surface area contributed by atoms with Crippen LogP contribution in [0.3, 0.4) is 0 Å². The Bertz CT molecular complexity index is 1000. The Labute approximate surface area is 144 Å². The number of sulfonamides is 1. The molecule has 0 fully saturated rings. The summed E-state index contributed by atoms with van der Waals surface area (Å²) < 4.78 is 31.2. The van der Waals surface area contributed by atoms with Gasteiger partial charge in [0.1, 0.15) is 5.52 Å². The van der Waals surface area contributed by atoms with Gasteiger partial charge in [0.15, 0.2) is 11.9 Å². The summed E-state index contributed by atoms with van der Waals surface area (Å²) in [5, 5.41) is 2.93. The third-order valence-electron chi connectivity index (χ3n) is 3.50. The maximum absolute atomic E-state index is 11.7. The average molecular weight is 357 g/mol. The number of carbonyl (C=O) groups excluding carboxylic acids is 1. The summed E-state index contributed by atoms with van der Waals surface area (Å²) in [5.74, 6) is 0.207. The van der Waals surface area contributed by atoms with Crippen LogP contribution in [0.1, 0.15) is 5.89 Å². The molecule has 0 amide bonds. The van der Waals surface area contributed by atoms with E-state index in [1.165, 1.54) is 25.4 Å². The zero-order chi connectivity index (χ0) is 17.9. The van der Waals surface area contributed by atoms with Gasteiger partial charge < -0.3 is 9.73 Å². The highest BCUT2D eigenvalue weighted by Gasteiger charge is 2.11. The quantitative estimate of drug-likeness (QED) is 0.519. The van der Waals surface area contributed by atoms with Crippen molar-refractivity contribution in [2.75, 3.05) is 12.4 Å². The molecule has 0 unspecified atom stereocenters. The Kier molecular flexibility index (Phi) is 4.64. The van der Waals surface area contributed by atoms with Crippen molar-refractivity contribution in [3.8, 4) is 0 Å². The van der Waals surface area contributed by atoms with Crippen LogP contribution in [0.2, 0.25) is 0 Å². The highest BCUT2D eigenvalue weighted by atomic mass is 32.2. The first-order chi connectivity index (χ1) is 12.0. The molecule has 0 atom stereocenters. The van der Waals surface area contributed by atoms with Crippen molar-refractivity contribution in [2.45, 2.75) is 4.90 Å². The third-order valence-corrected chi connectivity index (χ3v) is 4.93. The van der Waals surface area contributed by atoms with Crippen LogP contribution in [-0.2, 0) is 14.8 Å². The number of allylic oxidation sites excluding steroid dienone is 1. The van der Waals surface area contributed by atoms with Gasteiger partial charge in [-0.15, -0.1) is 0 Å². The van der Waals surface area contributed by atoms with E-state index in [0.29, 0.717) is 23.1 Å². The van der Waals surface area contributed by atoms with Gasteiger partial charge in [-0.3, -0.25) is 4.79 Å². The van der Waals surface area contributed by atoms with Crippen molar-refractivity contribution in [3.05, 3.63) is 60.6 Å².